The van der Waals surface area contributed by atoms with Gasteiger partial charge in [0.05, 0.1) is 25.2 Å². The number of phenolic OH excluding ortho intramolecular Hbond substituents is 1. The molecule has 10 nitrogen and oxygen atoms in total. The number of unbranched alkanes of at least 4 members (excludes halogenated alkanes) is 1. The SMILES string of the molecule is O=C(CCCCC1CCSS1)NCCOCCNC(=O)Cc1ccc(C(=O)O)c(-c2c3ccc(=O)cc-3oc3cc(O)ccc23)c1. The van der Waals surface area contributed by atoms with E-state index in [9.17, 15) is 29.4 Å². The number of hydrogen-bond acceptors (Lipinski definition) is 9. The summed E-state index contributed by atoms with van der Waals surface area (Å²) in [4.78, 5) is 49.1. The molecule has 2 aromatic carbocycles. The summed E-state index contributed by atoms with van der Waals surface area (Å²) in [7, 11) is 3.90. The molecule has 1 saturated heterocycles. The first-order chi connectivity index (χ1) is 22.3. The van der Waals surface area contributed by atoms with Crippen molar-refractivity contribution in [1.82, 2.24) is 10.6 Å². The molecule has 3 aliphatic rings. The van der Waals surface area contributed by atoms with Crippen LogP contribution < -0.4 is 16.1 Å². The zero-order valence-corrected chi connectivity index (χ0v) is 26.8. The molecule has 5 rings (SSSR count). The van der Waals surface area contributed by atoms with Gasteiger partial charge in [-0.15, -0.1) is 0 Å². The van der Waals surface area contributed by atoms with Crippen LogP contribution in [0.4, 0.5) is 0 Å². The number of carbonyl (C=O) groups excluding carboxylic acids is 2. The van der Waals surface area contributed by atoms with E-state index in [0.29, 0.717) is 47.2 Å². The van der Waals surface area contributed by atoms with E-state index in [1.807, 2.05) is 21.6 Å². The monoisotopic (exact) mass is 664 g/mol. The maximum Gasteiger partial charge on any atom is 0.336 e. The van der Waals surface area contributed by atoms with E-state index in [0.717, 1.165) is 18.1 Å². The Morgan fingerprint density at radius 3 is 2.50 bits per heavy atom. The number of ether oxygens (including phenoxy) is 1. The summed E-state index contributed by atoms with van der Waals surface area (Å²) in [5.74, 6) is 0.0319. The molecular formula is C34H36N2O8S2. The van der Waals surface area contributed by atoms with Crippen LogP contribution in [0.15, 0.2) is 63.8 Å². The highest BCUT2D eigenvalue weighted by atomic mass is 33.1. The van der Waals surface area contributed by atoms with Gasteiger partial charge >= 0.3 is 5.97 Å². The highest BCUT2D eigenvalue weighted by Gasteiger charge is 2.23. The lowest BCUT2D eigenvalue weighted by molar-refractivity contribution is -0.121. The molecule has 0 saturated carbocycles. The molecule has 0 bridgehead atoms. The van der Waals surface area contributed by atoms with Crippen LogP contribution in [-0.4, -0.2) is 65.3 Å². The largest absolute Gasteiger partial charge is 0.508 e. The van der Waals surface area contributed by atoms with Gasteiger partial charge < -0.3 is 30.0 Å². The van der Waals surface area contributed by atoms with Crippen LogP contribution in [-0.2, 0) is 20.7 Å². The fraction of sp³-hybridized carbons (Fsp3) is 0.353. The van der Waals surface area contributed by atoms with Gasteiger partial charge in [0, 0.05) is 59.2 Å². The third-order valence-electron chi connectivity index (χ3n) is 7.67. The Hall–Kier alpha value is -4.00. The number of fused-ring (bicyclic) bond motifs is 2. The summed E-state index contributed by atoms with van der Waals surface area (Å²) < 4.78 is 11.4. The molecule has 12 heteroatoms. The number of carboxylic acids is 1. The smallest absolute Gasteiger partial charge is 0.336 e. The molecule has 2 amide bonds. The standard InChI is InChI=1S/C34H36N2O8S2/c37-22-6-9-26-29(19-22)44-30-20-23(38)7-10-27(30)33(26)28-17-21(5-8-25(28)34(41)42)18-32(40)36-13-15-43-14-12-35-31(39)4-2-1-3-24-11-16-45-46-24/h5-10,17,19-20,24,37H,1-4,11-16,18H2,(H,35,39)(H,36,40)(H,41,42). The predicted molar refractivity (Wildman–Crippen MR) is 181 cm³/mol. The van der Waals surface area contributed by atoms with Gasteiger partial charge in [-0.3, -0.25) is 14.4 Å². The van der Waals surface area contributed by atoms with E-state index >= 15 is 0 Å². The van der Waals surface area contributed by atoms with Crippen LogP contribution in [0, 0.1) is 0 Å². The molecule has 242 valence electrons. The van der Waals surface area contributed by atoms with Crippen molar-refractivity contribution in [2.45, 2.75) is 43.8 Å². The Bertz CT molecular complexity index is 1730. The molecule has 0 spiro atoms. The molecule has 46 heavy (non-hydrogen) atoms. The summed E-state index contributed by atoms with van der Waals surface area (Å²) in [5.41, 5.74) is 1.98. The first-order valence-corrected chi connectivity index (χ1v) is 17.6. The van der Waals surface area contributed by atoms with Gasteiger partial charge in [0.15, 0.2) is 5.43 Å². The average molecular weight is 665 g/mol. The molecule has 1 unspecified atom stereocenters. The second-order valence-corrected chi connectivity index (χ2v) is 13.9. The van der Waals surface area contributed by atoms with E-state index in [2.05, 4.69) is 10.6 Å². The zero-order chi connectivity index (χ0) is 32.5. The number of benzene rings is 3. The minimum absolute atomic E-state index is 0.000200. The lowest BCUT2D eigenvalue weighted by Gasteiger charge is -2.17. The van der Waals surface area contributed by atoms with Crippen LogP contribution in [0.1, 0.15) is 48.0 Å². The fourth-order valence-electron chi connectivity index (χ4n) is 5.43. The number of aromatic carboxylic acids is 1. The predicted octanol–water partition coefficient (Wildman–Crippen LogP) is 5.47. The molecule has 1 aliphatic carbocycles. The van der Waals surface area contributed by atoms with Crippen molar-refractivity contribution in [2.24, 2.45) is 0 Å². The van der Waals surface area contributed by atoms with Crippen molar-refractivity contribution in [3.63, 3.8) is 0 Å². The van der Waals surface area contributed by atoms with Gasteiger partial charge in [-0.05, 0) is 66.8 Å². The summed E-state index contributed by atoms with van der Waals surface area (Å²) >= 11 is 0. The van der Waals surface area contributed by atoms with Crippen LogP contribution in [0.3, 0.4) is 0 Å². The third kappa shape index (κ3) is 8.83. The van der Waals surface area contributed by atoms with Crippen LogP contribution in [0.5, 0.6) is 5.75 Å². The van der Waals surface area contributed by atoms with Gasteiger partial charge in [-0.2, -0.15) is 0 Å². The topological polar surface area (TPSA) is 155 Å². The first-order valence-electron chi connectivity index (χ1n) is 15.2. The Labute approximate surface area is 274 Å². The second-order valence-electron chi connectivity index (χ2n) is 11.1. The van der Waals surface area contributed by atoms with E-state index in [4.69, 9.17) is 9.15 Å². The quantitative estimate of drug-likeness (QED) is 0.0730. The Balaban J connectivity index is 1.14. The molecule has 2 aromatic rings. The average Bonchev–Trinajstić information content (AvgIpc) is 3.55. The van der Waals surface area contributed by atoms with E-state index in [1.54, 1.807) is 24.3 Å². The van der Waals surface area contributed by atoms with Crippen molar-refractivity contribution < 1.29 is 33.8 Å². The van der Waals surface area contributed by atoms with Crippen molar-refractivity contribution in [1.29, 1.82) is 0 Å². The molecule has 2 aliphatic heterocycles. The van der Waals surface area contributed by atoms with Gasteiger partial charge in [0.1, 0.15) is 17.1 Å². The van der Waals surface area contributed by atoms with E-state index in [-0.39, 0.29) is 59.5 Å². The Morgan fingerprint density at radius 2 is 1.74 bits per heavy atom. The maximum atomic E-state index is 12.7. The van der Waals surface area contributed by atoms with Gasteiger partial charge in [0.2, 0.25) is 11.8 Å². The first kappa shape index (κ1) is 33.4. The number of amides is 2. The van der Waals surface area contributed by atoms with Gasteiger partial charge in [-0.1, -0.05) is 34.1 Å². The normalized spacial score (nSPS) is 14.5. The highest BCUT2D eigenvalue weighted by molar-refractivity contribution is 8.77. The number of carboxylic acid groups (broad SMARTS) is 1. The lowest BCUT2D eigenvalue weighted by Crippen LogP contribution is -2.30. The Morgan fingerprint density at radius 1 is 0.935 bits per heavy atom. The molecule has 0 aromatic heterocycles. The van der Waals surface area contributed by atoms with E-state index < -0.39 is 5.97 Å². The molecular weight excluding hydrogens is 629 g/mol. The number of rotatable bonds is 15. The van der Waals surface area contributed by atoms with Crippen LogP contribution >= 0.6 is 21.6 Å². The second kappa shape index (κ2) is 16.0. The fourth-order valence-corrected chi connectivity index (χ4v) is 8.46. The molecule has 0 radical (unpaired) electrons. The van der Waals surface area contributed by atoms with Crippen molar-refractivity contribution in [3.8, 4) is 28.2 Å². The number of hydrogen-bond donors (Lipinski definition) is 4. The number of aromatic hydroxyl groups is 1. The van der Waals surface area contributed by atoms with Crippen molar-refractivity contribution in [2.75, 3.05) is 32.1 Å². The molecule has 4 N–H and O–H groups in total. The van der Waals surface area contributed by atoms with Crippen molar-refractivity contribution in [3.05, 3.63) is 75.9 Å². The zero-order valence-electron chi connectivity index (χ0n) is 25.2. The summed E-state index contributed by atoms with van der Waals surface area (Å²) in [6.45, 7) is 1.31. The minimum atomic E-state index is -1.15. The third-order valence-corrected chi connectivity index (χ3v) is 10.7. The molecule has 1 fully saturated rings. The maximum absolute atomic E-state index is 12.7. The van der Waals surface area contributed by atoms with Gasteiger partial charge in [0.25, 0.3) is 0 Å². The Kier molecular flexibility index (Phi) is 11.6. The summed E-state index contributed by atoms with van der Waals surface area (Å²) in [6.07, 6.45) is 4.91. The van der Waals surface area contributed by atoms with Crippen molar-refractivity contribution >= 4 is 50.3 Å². The summed E-state index contributed by atoms with van der Waals surface area (Å²) in [5, 5.41) is 27.0. The molecule has 1 atom stereocenters. The van der Waals surface area contributed by atoms with E-state index in [1.165, 1.54) is 48.9 Å². The minimum Gasteiger partial charge on any atom is -0.508 e. The lowest BCUT2D eigenvalue weighted by atomic mass is 9.89. The number of carbonyl (C=O) groups is 3. The van der Waals surface area contributed by atoms with Crippen LogP contribution in [0.2, 0.25) is 0 Å². The highest BCUT2D eigenvalue weighted by Crippen LogP contribution is 2.42. The number of phenols is 1. The van der Waals surface area contributed by atoms with Crippen LogP contribution in [0.25, 0.3) is 33.4 Å². The number of nitrogens with one attached hydrogen (secondary N) is 2. The van der Waals surface area contributed by atoms with Gasteiger partial charge in [-0.25, -0.2) is 4.79 Å². The summed E-state index contributed by atoms with van der Waals surface area (Å²) in [6, 6.07) is 13.5. The molecule has 2 heterocycles.